The largest absolute Gasteiger partial charge is 0.369 e. The van der Waals surface area contributed by atoms with Crippen LogP contribution in [0.2, 0.25) is 0 Å². The highest BCUT2D eigenvalue weighted by molar-refractivity contribution is 6.03. The molecule has 0 saturated carbocycles. The molecule has 0 radical (unpaired) electrons. The standard InChI is InChI=1S/C16H19N5O3/c1-20-6-8-21(9-7-20)12-4-2-11(3-5-12)18-14(22)13-10-17-16(24)19-15(13)23/h2-5,10H,6-9H2,1H3,(H,18,22)(H2,17,19,23,24). The molecule has 0 atom stereocenters. The van der Waals surface area contributed by atoms with Gasteiger partial charge in [-0.25, -0.2) is 4.79 Å². The van der Waals surface area contributed by atoms with Gasteiger partial charge in [-0.05, 0) is 31.3 Å². The summed E-state index contributed by atoms with van der Waals surface area (Å²) in [5.41, 5.74) is 0.183. The predicted molar refractivity (Wildman–Crippen MR) is 91.8 cm³/mol. The number of nitrogens with zero attached hydrogens (tertiary/aromatic N) is 2. The fraction of sp³-hybridized carbons (Fsp3) is 0.312. The molecule has 3 N–H and O–H groups in total. The second-order valence-corrected chi connectivity index (χ2v) is 5.78. The molecule has 1 fully saturated rings. The molecule has 1 saturated heterocycles. The molecule has 1 aliphatic heterocycles. The lowest BCUT2D eigenvalue weighted by molar-refractivity contribution is 0.102. The summed E-state index contributed by atoms with van der Waals surface area (Å²) in [6, 6.07) is 7.48. The summed E-state index contributed by atoms with van der Waals surface area (Å²) >= 11 is 0. The first kappa shape index (κ1) is 16.0. The van der Waals surface area contributed by atoms with Gasteiger partial charge in [0.25, 0.3) is 11.5 Å². The number of carbonyl (C=O) groups is 1. The van der Waals surface area contributed by atoms with Crippen molar-refractivity contribution in [3.8, 4) is 0 Å². The summed E-state index contributed by atoms with van der Waals surface area (Å²) in [6.07, 6.45) is 1.11. The molecule has 126 valence electrons. The first-order valence-electron chi connectivity index (χ1n) is 7.70. The molecule has 0 unspecified atom stereocenters. The number of piperazine rings is 1. The van der Waals surface area contributed by atoms with Crippen LogP contribution < -0.4 is 21.5 Å². The highest BCUT2D eigenvalue weighted by atomic mass is 16.2. The molecule has 24 heavy (non-hydrogen) atoms. The summed E-state index contributed by atoms with van der Waals surface area (Å²) in [6.45, 7) is 3.98. The number of H-pyrrole nitrogens is 2. The third kappa shape index (κ3) is 3.54. The fourth-order valence-corrected chi connectivity index (χ4v) is 2.60. The van der Waals surface area contributed by atoms with Crippen LogP contribution in [0.1, 0.15) is 10.4 Å². The van der Waals surface area contributed by atoms with Crippen molar-refractivity contribution in [3.05, 3.63) is 56.9 Å². The number of hydrogen-bond acceptors (Lipinski definition) is 5. The zero-order chi connectivity index (χ0) is 17.1. The zero-order valence-corrected chi connectivity index (χ0v) is 13.3. The van der Waals surface area contributed by atoms with Gasteiger partial charge in [-0.15, -0.1) is 0 Å². The number of anilines is 2. The first-order chi connectivity index (χ1) is 11.5. The minimum absolute atomic E-state index is 0.141. The molecule has 8 nitrogen and oxygen atoms in total. The van der Waals surface area contributed by atoms with Gasteiger partial charge in [-0.1, -0.05) is 0 Å². The number of hydrogen-bond donors (Lipinski definition) is 3. The van der Waals surface area contributed by atoms with Gasteiger partial charge in [-0.3, -0.25) is 14.6 Å². The summed E-state index contributed by atoms with van der Waals surface area (Å²) in [5.74, 6) is -0.570. The van der Waals surface area contributed by atoms with Crippen molar-refractivity contribution in [1.29, 1.82) is 0 Å². The van der Waals surface area contributed by atoms with Crippen LogP contribution in [0.15, 0.2) is 40.1 Å². The van der Waals surface area contributed by atoms with Gasteiger partial charge in [-0.2, -0.15) is 0 Å². The Labute approximate surface area is 138 Å². The molecule has 1 aromatic heterocycles. The van der Waals surface area contributed by atoms with Crippen molar-refractivity contribution in [2.24, 2.45) is 0 Å². The third-order valence-corrected chi connectivity index (χ3v) is 4.06. The van der Waals surface area contributed by atoms with Gasteiger partial charge in [0.2, 0.25) is 0 Å². The van der Waals surface area contributed by atoms with E-state index in [9.17, 15) is 14.4 Å². The van der Waals surface area contributed by atoms with Crippen LogP contribution in [0.4, 0.5) is 11.4 Å². The number of nitrogens with one attached hydrogen (secondary N) is 3. The Hall–Kier alpha value is -2.87. The molecule has 0 bridgehead atoms. The number of aromatic nitrogens is 2. The molecule has 3 rings (SSSR count). The van der Waals surface area contributed by atoms with E-state index in [0.29, 0.717) is 5.69 Å². The number of amides is 1. The zero-order valence-electron chi connectivity index (χ0n) is 13.3. The van der Waals surface area contributed by atoms with E-state index in [1.807, 2.05) is 17.1 Å². The Balaban J connectivity index is 1.68. The Bertz CT molecular complexity index is 832. The number of aromatic amines is 2. The van der Waals surface area contributed by atoms with E-state index in [-0.39, 0.29) is 5.56 Å². The third-order valence-electron chi connectivity index (χ3n) is 4.06. The average Bonchev–Trinajstić information content (AvgIpc) is 2.56. The van der Waals surface area contributed by atoms with Crippen molar-refractivity contribution in [2.45, 2.75) is 0 Å². The van der Waals surface area contributed by atoms with Crippen LogP contribution in [-0.2, 0) is 0 Å². The molecule has 2 aromatic rings. The van der Waals surface area contributed by atoms with E-state index in [0.717, 1.165) is 38.1 Å². The van der Waals surface area contributed by atoms with E-state index in [2.05, 4.69) is 27.1 Å². The van der Waals surface area contributed by atoms with Crippen molar-refractivity contribution in [3.63, 3.8) is 0 Å². The SMILES string of the molecule is CN1CCN(c2ccc(NC(=O)c3c[nH]c(=O)[nH]c3=O)cc2)CC1. The van der Waals surface area contributed by atoms with Crippen molar-refractivity contribution < 1.29 is 4.79 Å². The van der Waals surface area contributed by atoms with Crippen LogP contribution in [0.5, 0.6) is 0 Å². The average molecular weight is 329 g/mol. The lowest BCUT2D eigenvalue weighted by atomic mass is 10.2. The number of likely N-dealkylation sites (N-methyl/N-ethyl adjacent to an activating group) is 1. The summed E-state index contributed by atoms with van der Waals surface area (Å²) in [4.78, 5) is 43.6. The van der Waals surface area contributed by atoms with Crippen molar-refractivity contribution in [1.82, 2.24) is 14.9 Å². The quantitative estimate of drug-likeness (QED) is 0.740. The molecule has 2 heterocycles. The lowest BCUT2D eigenvalue weighted by Gasteiger charge is -2.34. The Morgan fingerprint density at radius 3 is 2.38 bits per heavy atom. The highest BCUT2D eigenvalue weighted by Gasteiger charge is 2.15. The monoisotopic (exact) mass is 329 g/mol. The van der Waals surface area contributed by atoms with E-state index in [1.165, 1.54) is 0 Å². The smallest absolute Gasteiger partial charge is 0.325 e. The van der Waals surface area contributed by atoms with Crippen LogP contribution in [0, 0.1) is 0 Å². The maximum Gasteiger partial charge on any atom is 0.325 e. The number of rotatable bonds is 3. The van der Waals surface area contributed by atoms with Gasteiger partial charge < -0.3 is 20.1 Å². The van der Waals surface area contributed by atoms with Gasteiger partial charge in [0.15, 0.2) is 0 Å². The van der Waals surface area contributed by atoms with E-state index >= 15 is 0 Å². The summed E-state index contributed by atoms with van der Waals surface area (Å²) in [5, 5.41) is 2.65. The Kier molecular flexibility index (Phi) is 4.48. The van der Waals surface area contributed by atoms with Crippen LogP contribution in [0.3, 0.4) is 0 Å². The Morgan fingerprint density at radius 1 is 1.08 bits per heavy atom. The molecule has 8 heteroatoms. The molecule has 0 aliphatic carbocycles. The summed E-state index contributed by atoms with van der Waals surface area (Å²) < 4.78 is 0. The maximum absolute atomic E-state index is 12.1. The highest BCUT2D eigenvalue weighted by Crippen LogP contribution is 2.19. The lowest BCUT2D eigenvalue weighted by Crippen LogP contribution is -2.44. The van der Waals surface area contributed by atoms with Crippen LogP contribution in [0.25, 0.3) is 0 Å². The predicted octanol–water partition coefficient (Wildman–Crippen LogP) is 0.0673. The van der Waals surface area contributed by atoms with Crippen LogP contribution in [-0.4, -0.2) is 54.0 Å². The van der Waals surface area contributed by atoms with Crippen LogP contribution >= 0.6 is 0 Å². The van der Waals surface area contributed by atoms with E-state index in [1.54, 1.807) is 12.1 Å². The van der Waals surface area contributed by atoms with Crippen molar-refractivity contribution in [2.75, 3.05) is 43.4 Å². The summed E-state index contributed by atoms with van der Waals surface area (Å²) in [7, 11) is 2.11. The van der Waals surface area contributed by atoms with Gasteiger partial charge in [0.1, 0.15) is 5.56 Å². The fourth-order valence-electron chi connectivity index (χ4n) is 2.60. The molecule has 1 aromatic carbocycles. The molecule has 0 spiro atoms. The molecular weight excluding hydrogens is 310 g/mol. The Morgan fingerprint density at radius 2 is 1.75 bits per heavy atom. The normalized spacial score (nSPS) is 15.3. The molecule has 1 aliphatic rings. The van der Waals surface area contributed by atoms with Gasteiger partial charge in [0, 0.05) is 43.8 Å². The number of carbonyl (C=O) groups excluding carboxylic acids is 1. The molecular formula is C16H19N5O3. The minimum atomic E-state index is -0.717. The second-order valence-electron chi connectivity index (χ2n) is 5.78. The van der Waals surface area contributed by atoms with Gasteiger partial charge >= 0.3 is 5.69 Å². The maximum atomic E-state index is 12.1. The second kappa shape index (κ2) is 6.71. The first-order valence-corrected chi connectivity index (χ1v) is 7.70. The number of benzene rings is 1. The molecule has 1 amide bonds. The van der Waals surface area contributed by atoms with Gasteiger partial charge in [0.05, 0.1) is 0 Å². The van der Waals surface area contributed by atoms with E-state index in [4.69, 9.17) is 0 Å². The topological polar surface area (TPSA) is 101 Å². The minimum Gasteiger partial charge on any atom is -0.369 e. The van der Waals surface area contributed by atoms with E-state index < -0.39 is 17.2 Å². The van der Waals surface area contributed by atoms with Crippen molar-refractivity contribution >= 4 is 17.3 Å².